The van der Waals surface area contributed by atoms with Crippen LogP contribution in [0.3, 0.4) is 0 Å². The summed E-state index contributed by atoms with van der Waals surface area (Å²) in [5.74, 6) is 1.31. The van der Waals surface area contributed by atoms with E-state index in [9.17, 15) is 9.59 Å². The molecule has 31 heavy (non-hydrogen) atoms. The first kappa shape index (κ1) is 22.9. The molecule has 1 N–H and O–H groups in total. The molecule has 0 saturated carbocycles. The van der Waals surface area contributed by atoms with Gasteiger partial charge in [0.25, 0.3) is 5.91 Å². The van der Waals surface area contributed by atoms with E-state index in [-0.39, 0.29) is 17.7 Å². The van der Waals surface area contributed by atoms with Gasteiger partial charge in [-0.3, -0.25) is 9.59 Å². The predicted octanol–water partition coefficient (Wildman–Crippen LogP) is 4.24. The number of hydrogen-bond acceptors (Lipinski definition) is 3. The van der Waals surface area contributed by atoms with Gasteiger partial charge in [-0.15, -0.1) is 0 Å². The summed E-state index contributed by atoms with van der Waals surface area (Å²) in [7, 11) is 1.68. The van der Waals surface area contributed by atoms with Crippen LogP contribution in [-0.4, -0.2) is 43.0 Å². The van der Waals surface area contributed by atoms with Gasteiger partial charge in [0, 0.05) is 18.7 Å². The van der Waals surface area contributed by atoms with Crippen LogP contribution in [0.25, 0.3) is 0 Å². The van der Waals surface area contributed by atoms with Crippen molar-refractivity contribution in [3.05, 3.63) is 65.2 Å². The number of carbonyl (C=O) groups excluding carboxylic acids is 2. The third-order valence-electron chi connectivity index (χ3n) is 6.22. The van der Waals surface area contributed by atoms with Gasteiger partial charge in [0.2, 0.25) is 5.91 Å². The van der Waals surface area contributed by atoms with E-state index in [1.165, 1.54) is 5.56 Å². The highest BCUT2D eigenvalue weighted by Crippen LogP contribution is 2.24. The summed E-state index contributed by atoms with van der Waals surface area (Å²) in [6, 6.07) is 15.2. The minimum absolute atomic E-state index is 0.0255. The summed E-state index contributed by atoms with van der Waals surface area (Å²) < 4.78 is 5.23. The zero-order chi connectivity index (χ0) is 22.4. The minimum atomic E-state index is -0.509. The topological polar surface area (TPSA) is 58.6 Å². The molecule has 1 saturated heterocycles. The third-order valence-corrected chi connectivity index (χ3v) is 6.22. The van der Waals surface area contributed by atoms with E-state index >= 15 is 0 Å². The highest BCUT2D eigenvalue weighted by atomic mass is 16.5. The second-order valence-corrected chi connectivity index (χ2v) is 8.83. The number of amides is 2. The van der Waals surface area contributed by atoms with Crippen LogP contribution >= 0.6 is 0 Å². The third kappa shape index (κ3) is 5.87. The number of nitrogens with zero attached hydrogens (tertiary/aromatic N) is 1. The SMILES string of the molecule is COc1ccc(CC2CCN(C(=O)C(NC(=O)c3ccccc3C)C(C)C)CC2)cc1. The van der Waals surface area contributed by atoms with Crippen LogP contribution in [0.5, 0.6) is 5.75 Å². The summed E-state index contributed by atoms with van der Waals surface area (Å²) in [6.45, 7) is 7.36. The number of likely N-dealkylation sites (tertiary alicyclic amines) is 1. The largest absolute Gasteiger partial charge is 0.497 e. The fraction of sp³-hybridized carbons (Fsp3) is 0.462. The maximum absolute atomic E-state index is 13.2. The molecule has 1 aliphatic rings. The predicted molar refractivity (Wildman–Crippen MR) is 123 cm³/mol. The normalized spacial score (nSPS) is 15.6. The Balaban J connectivity index is 1.56. The summed E-state index contributed by atoms with van der Waals surface area (Å²) in [4.78, 5) is 27.9. The Bertz CT molecular complexity index is 884. The van der Waals surface area contributed by atoms with Crippen LogP contribution in [0, 0.1) is 18.8 Å². The molecule has 2 aromatic rings. The molecule has 0 aliphatic carbocycles. The van der Waals surface area contributed by atoms with Crippen LogP contribution in [0.2, 0.25) is 0 Å². The standard InChI is InChI=1S/C26H34N2O3/c1-18(2)24(27-25(29)23-8-6-5-7-19(23)3)26(30)28-15-13-21(14-16-28)17-20-9-11-22(31-4)12-10-20/h5-12,18,21,24H,13-17H2,1-4H3,(H,27,29). The van der Waals surface area contributed by atoms with E-state index in [1.54, 1.807) is 13.2 Å². The van der Waals surface area contributed by atoms with Gasteiger partial charge in [0.1, 0.15) is 11.8 Å². The molecule has 2 aromatic carbocycles. The number of ether oxygens (including phenoxy) is 1. The Kier molecular flexibility index (Phi) is 7.72. The quantitative estimate of drug-likeness (QED) is 0.726. The minimum Gasteiger partial charge on any atom is -0.497 e. The molecule has 5 heteroatoms. The van der Waals surface area contributed by atoms with Gasteiger partial charge >= 0.3 is 0 Å². The molecule has 0 aromatic heterocycles. The van der Waals surface area contributed by atoms with E-state index in [0.29, 0.717) is 11.5 Å². The van der Waals surface area contributed by atoms with Crippen molar-refractivity contribution in [1.82, 2.24) is 10.2 Å². The van der Waals surface area contributed by atoms with Crippen LogP contribution < -0.4 is 10.1 Å². The molecule has 0 radical (unpaired) electrons. The van der Waals surface area contributed by atoms with Crippen molar-refractivity contribution in [3.63, 3.8) is 0 Å². The zero-order valence-corrected chi connectivity index (χ0v) is 19.1. The van der Waals surface area contributed by atoms with Crippen molar-refractivity contribution in [3.8, 4) is 5.75 Å². The van der Waals surface area contributed by atoms with Crippen molar-refractivity contribution < 1.29 is 14.3 Å². The number of rotatable bonds is 7. The Morgan fingerprint density at radius 1 is 1.06 bits per heavy atom. The lowest BCUT2D eigenvalue weighted by Gasteiger charge is -2.35. The fourth-order valence-electron chi connectivity index (χ4n) is 4.21. The first-order chi connectivity index (χ1) is 14.9. The van der Waals surface area contributed by atoms with Crippen molar-refractivity contribution >= 4 is 11.8 Å². The maximum Gasteiger partial charge on any atom is 0.252 e. The van der Waals surface area contributed by atoms with Crippen LogP contribution in [-0.2, 0) is 11.2 Å². The maximum atomic E-state index is 13.2. The van der Waals surface area contributed by atoms with E-state index in [0.717, 1.165) is 43.7 Å². The van der Waals surface area contributed by atoms with Crippen molar-refractivity contribution in [2.75, 3.05) is 20.2 Å². The summed E-state index contributed by atoms with van der Waals surface area (Å²) in [6.07, 6.45) is 2.98. The molecule has 1 fully saturated rings. The summed E-state index contributed by atoms with van der Waals surface area (Å²) in [5.41, 5.74) is 2.84. The highest BCUT2D eigenvalue weighted by molar-refractivity contribution is 5.98. The second kappa shape index (κ2) is 10.5. The van der Waals surface area contributed by atoms with Crippen LogP contribution in [0.4, 0.5) is 0 Å². The van der Waals surface area contributed by atoms with Crippen LogP contribution in [0.15, 0.2) is 48.5 Å². The Morgan fingerprint density at radius 2 is 1.71 bits per heavy atom. The van der Waals surface area contributed by atoms with Gasteiger partial charge < -0.3 is 15.0 Å². The number of piperidine rings is 1. The number of aryl methyl sites for hydroxylation is 1. The molecule has 5 nitrogen and oxygen atoms in total. The van der Waals surface area contributed by atoms with Crippen LogP contribution in [0.1, 0.15) is 48.2 Å². The fourth-order valence-corrected chi connectivity index (χ4v) is 4.21. The molecule has 0 bridgehead atoms. The smallest absolute Gasteiger partial charge is 0.252 e. The summed E-state index contributed by atoms with van der Waals surface area (Å²) in [5, 5.41) is 2.99. The van der Waals surface area contributed by atoms with E-state index in [1.807, 2.05) is 56.0 Å². The Morgan fingerprint density at radius 3 is 2.29 bits per heavy atom. The molecule has 1 heterocycles. The van der Waals surface area contributed by atoms with Crippen molar-refractivity contribution in [2.45, 2.75) is 46.1 Å². The highest BCUT2D eigenvalue weighted by Gasteiger charge is 2.31. The molecule has 166 valence electrons. The van der Waals surface area contributed by atoms with E-state index < -0.39 is 6.04 Å². The molecular weight excluding hydrogens is 388 g/mol. The lowest BCUT2D eigenvalue weighted by Crippen LogP contribution is -2.53. The van der Waals surface area contributed by atoms with Gasteiger partial charge in [-0.1, -0.05) is 44.2 Å². The molecule has 0 spiro atoms. The Labute approximate surface area is 185 Å². The van der Waals surface area contributed by atoms with Gasteiger partial charge in [-0.05, 0) is 67.3 Å². The monoisotopic (exact) mass is 422 g/mol. The molecular formula is C26H34N2O3. The Hall–Kier alpha value is -2.82. The van der Waals surface area contributed by atoms with Gasteiger partial charge in [-0.2, -0.15) is 0 Å². The number of carbonyl (C=O) groups is 2. The van der Waals surface area contributed by atoms with Gasteiger partial charge in [0.05, 0.1) is 7.11 Å². The molecule has 1 aliphatic heterocycles. The first-order valence-corrected chi connectivity index (χ1v) is 11.2. The average molecular weight is 423 g/mol. The van der Waals surface area contributed by atoms with E-state index in [2.05, 4.69) is 17.4 Å². The first-order valence-electron chi connectivity index (χ1n) is 11.2. The number of nitrogens with one attached hydrogen (secondary N) is 1. The average Bonchev–Trinajstić information content (AvgIpc) is 2.78. The lowest BCUT2D eigenvalue weighted by molar-refractivity contribution is -0.135. The molecule has 1 unspecified atom stereocenters. The molecule has 2 amide bonds. The van der Waals surface area contributed by atoms with Gasteiger partial charge in [0.15, 0.2) is 0 Å². The van der Waals surface area contributed by atoms with Crippen molar-refractivity contribution in [1.29, 1.82) is 0 Å². The van der Waals surface area contributed by atoms with E-state index in [4.69, 9.17) is 4.74 Å². The summed E-state index contributed by atoms with van der Waals surface area (Å²) >= 11 is 0. The zero-order valence-electron chi connectivity index (χ0n) is 19.1. The molecule has 1 atom stereocenters. The van der Waals surface area contributed by atoms with Crippen molar-refractivity contribution in [2.24, 2.45) is 11.8 Å². The molecule has 3 rings (SSSR count). The van der Waals surface area contributed by atoms with Gasteiger partial charge in [-0.25, -0.2) is 0 Å². The lowest BCUT2D eigenvalue weighted by atomic mass is 9.89. The number of methoxy groups -OCH3 is 1. The second-order valence-electron chi connectivity index (χ2n) is 8.83. The number of benzene rings is 2. The number of hydrogen-bond donors (Lipinski definition) is 1.